The maximum Gasteiger partial charge on any atom is 0.163 e. The molecular formula is C28H22ClFN4. The van der Waals surface area contributed by atoms with Gasteiger partial charge in [0, 0.05) is 28.4 Å². The molecular weight excluding hydrogens is 447 g/mol. The van der Waals surface area contributed by atoms with E-state index in [9.17, 15) is 4.39 Å². The molecule has 2 N–H and O–H groups in total. The van der Waals surface area contributed by atoms with Crippen LogP contribution in [0.15, 0.2) is 85.2 Å². The summed E-state index contributed by atoms with van der Waals surface area (Å²) in [5.74, 6) is -0.453. The van der Waals surface area contributed by atoms with Gasteiger partial charge in [0.15, 0.2) is 5.65 Å². The van der Waals surface area contributed by atoms with Gasteiger partial charge in [0.2, 0.25) is 0 Å². The van der Waals surface area contributed by atoms with Gasteiger partial charge >= 0.3 is 0 Å². The number of hydrogen-bond acceptors (Lipinski definition) is 3. The van der Waals surface area contributed by atoms with E-state index in [-0.39, 0.29) is 10.6 Å². The first-order chi connectivity index (χ1) is 16.5. The van der Waals surface area contributed by atoms with Gasteiger partial charge in [0.05, 0.1) is 16.9 Å². The van der Waals surface area contributed by atoms with E-state index in [0.717, 1.165) is 51.9 Å². The Morgan fingerprint density at radius 1 is 0.882 bits per heavy atom. The second kappa shape index (κ2) is 8.05. The molecule has 0 amide bonds. The summed E-state index contributed by atoms with van der Waals surface area (Å²) in [6.07, 6.45) is 6.94. The first-order valence-electron chi connectivity index (χ1n) is 11.3. The lowest BCUT2D eigenvalue weighted by Gasteiger charge is -2.38. The minimum Gasteiger partial charge on any atom is -0.321 e. The summed E-state index contributed by atoms with van der Waals surface area (Å²) in [5, 5.41) is 4.60. The fraction of sp³-hybridized carbons (Fsp3) is 0.143. The molecule has 4 nitrogen and oxygen atoms in total. The second-order valence-corrected chi connectivity index (χ2v) is 9.32. The first-order valence-corrected chi connectivity index (χ1v) is 11.7. The number of halogens is 2. The van der Waals surface area contributed by atoms with Crippen molar-refractivity contribution in [2.24, 2.45) is 5.73 Å². The Morgan fingerprint density at radius 2 is 1.62 bits per heavy atom. The van der Waals surface area contributed by atoms with Crippen molar-refractivity contribution >= 4 is 17.2 Å². The molecule has 1 aliphatic rings. The van der Waals surface area contributed by atoms with Crippen LogP contribution in [0.3, 0.4) is 0 Å². The maximum atomic E-state index is 13.7. The summed E-state index contributed by atoms with van der Waals surface area (Å²) >= 11 is 6.05. The Hall–Kier alpha value is -3.54. The van der Waals surface area contributed by atoms with E-state index in [1.807, 2.05) is 24.4 Å². The SMILES string of the molecule is NC1(c2ccc(-c3nc4c(-c5ccc(F)c(Cl)c5)cnn4cc3-c3ccccc3)cc2)CCC1. The molecule has 6 heteroatoms. The van der Waals surface area contributed by atoms with Gasteiger partial charge in [-0.05, 0) is 48.1 Å². The van der Waals surface area contributed by atoms with Gasteiger partial charge in [-0.25, -0.2) is 13.9 Å². The monoisotopic (exact) mass is 468 g/mol. The Kier molecular flexibility index (Phi) is 4.97. The fourth-order valence-corrected chi connectivity index (χ4v) is 4.81. The van der Waals surface area contributed by atoms with Gasteiger partial charge in [-0.3, -0.25) is 0 Å². The van der Waals surface area contributed by atoms with Crippen LogP contribution in [0.4, 0.5) is 4.39 Å². The number of aromatic nitrogens is 3. The molecule has 0 saturated heterocycles. The third-order valence-corrected chi connectivity index (χ3v) is 7.08. The third-order valence-electron chi connectivity index (χ3n) is 6.79. The molecule has 2 heterocycles. The Bertz CT molecular complexity index is 1510. The quantitative estimate of drug-likeness (QED) is 0.313. The molecule has 0 bridgehead atoms. The lowest BCUT2D eigenvalue weighted by Crippen LogP contribution is -2.43. The molecule has 0 unspecified atom stereocenters. The molecule has 0 spiro atoms. The van der Waals surface area contributed by atoms with E-state index in [1.165, 1.54) is 12.5 Å². The molecule has 1 fully saturated rings. The highest BCUT2D eigenvalue weighted by Crippen LogP contribution is 2.40. The van der Waals surface area contributed by atoms with Gasteiger partial charge in [-0.15, -0.1) is 0 Å². The first kappa shape index (κ1) is 21.0. The molecule has 0 radical (unpaired) electrons. The summed E-state index contributed by atoms with van der Waals surface area (Å²) in [4.78, 5) is 5.07. The average Bonchev–Trinajstić information content (AvgIpc) is 3.27. The normalized spacial score (nSPS) is 14.8. The van der Waals surface area contributed by atoms with Crippen LogP contribution in [0.5, 0.6) is 0 Å². The van der Waals surface area contributed by atoms with E-state index in [2.05, 4.69) is 41.5 Å². The van der Waals surface area contributed by atoms with Crippen LogP contribution in [-0.4, -0.2) is 14.6 Å². The van der Waals surface area contributed by atoms with Crippen molar-refractivity contribution in [2.75, 3.05) is 0 Å². The van der Waals surface area contributed by atoms with Gasteiger partial charge in [-0.1, -0.05) is 72.3 Å². The number of nitrogens with zero attached hydrogens (tertiary/aromatic N) is 3. The predicted octanol–water partition coefficient (Wildman–Crippen LogP) is 6.86. The highest BCUT2D eigenvalue weighted by atomic mass is 35.5. The van der Waals surface area contributed by atoms with Gasteiger partial charge < -0.3 is 5.73 Å². The maximum absolute atomic E-state index is 13.7. The number of hydrogen-bond donors (Lipinski definition) is 1. The van der Waals surface area contributed by atoms with Crippen molar-refractivity contribution in [3.8, 4) is 33.5 Å². The van der Waals surface area contributed by atoms with Gasteiger partial charge in [0.1, 0.15) is 5.82 Å². The Balaban J connectivity index is 1.53. The lowest BCUT2D eigenvalue weighted by atomic mass is 9.72. The zero-order valence-electron chi connectivity index (χ0n) is 18.4. The Morgan fingerprint density at radius 3 is 2.29 bits per heavy atom. The molecule has 1 aliphatic carbocycles. The van der Waals surface area contributed by atoms with Crippen LogP contribution in [0, 0.1) is 5.82 Å². The zero-order valence-corrected chi connectivity index (χ0v) is 19.1. The third kappa shape index (κ3) is 3.49. The molecule has 0 aliphatic heterocycles. The van der Waals surface area contributed by atoms with Crippen molar-refractivity contribution < 1.29 is 4.39 Å². The van der Waals surface area contributed by atoms with Crippen molar-refractivity contribution in [1.29, 1.82) is 0 Å². The topological polar surface area (TPSA) is 56.2 Å². The van der Waals surface area contributed by atoms with Crippen LogP contribution in [-0.2, 0) is 5.54 Å². The minimum absolute atomic E-state index is 0.0697. The molecule has 5 aromatic rings. The number of nitrogens with two attached hydrogens (primary N) is 1. The molecule has 1 saturated carbocycles. The minimum atomic E-state index is -0.453. The molecule has 0 atom stereocenters. The smallest absolute Gasteiger partial charge is 0.163 e. The summed E-state index contributed by atoms with van der Waals surface area (Å²) in [7, 11) is 0. The van der Waals surface area contributed by atoms with Gasteiger partial charge in [-0.2, -0.15) is 5.10 Å². The molecule has 168 valence electrons. The molecule has 3 aromatic carbocycles. The van der Waals surface area contributed by atoms with Crippen molar-refractivity contribution in [3.63, 3.8) is 0 Å². The predicted molar refractivity (Wildman–Crippen MR) is 134 cm³/mol. The number of fused-ring (bicyclic) bond motifs is 1. The molecule has 6 rings (SSSR count). The standard InChI is InChI=1S/C28H22ClFN4/c29-24-15-20(9-12-25(24)30)22-16-32-34-17-23(18-5-2-1-3-6-18)26(33-27(22)34)19-7-10-21(11-8-19)28(31)13-4-14-28/h1-3,5-12,15-17H,4,13-14,31H2. The van der Waals surface area contributed by atoms with Crippen LogP contribution >= 0.6 is 11.6 Å². The van der Waals surface area contributed by atoms with E-state index in [1.54, 1.807) is 22.8 Å². The van der Waals surface area contributed by atoms with Gasteiger partial charge in [0.25, 0.3) is 0 Å². The second-order valence-electron chi connectivity index (χ2n) is 8.91. The van der Waals surface area contributed by atoms with Crippen molar-refractivity contribution in [2.45, 2.75) is 24.8 Å². The fourth-order valence-electron chi connectivity index (χ4n) is 4.63. The van der Waals surface area contributed by atoms with Crippen molar-refractivity contribution in [1.82, 2.24) is 14.6 Å². The summed E-state index contributed by atoms with van der Waals surface area (Å²) in [6, 6.07) is 23.2. The van der Waals surface area contributed by atoms with Crippen molar-refractivity contribution in [3.05, 3.63) is 102 Å². The van der Waals surface area contributed by atoms with E-state index in [4.69, 9.17) is 22.3 Å². The number of rotatable bonds is 4. The summed E-state index contributed by atoms with van der Waals surface area (Å²) < 4.78 is 15.5. The lowest BCUT2D eigenvalue weighted by molar-refractivity contribution is 0.253. The number of benzene rings is 3. The van der Waals surface area contributed by atoms with Crippen LogP contribution in [0.25, 0.3) is 39.2 Å². The van der Waals surface area contributed by atoms with Crippen LogP contribution in [0.2, 0.25) is 5.02 Å². The molecule has 2 aromatic heterocycles. The highest BCUT2D eigenvalue weighted by Gasteiger charge is 2.34. The summed E-state index contributed by atoms with van der Waals surface area (Å²) in [6.45, 7) is 0. The zero-order chi connectivity index (χ0) is 23.3. The Labute approximate surface area is 201 Å². The van der Waals surface area contributed by atoms with Crippen LogP contribution in [0.1, 0.15) is 24.8 Å². The van der Waals surface area contributed by atoms with E-state index >= 15 is 0 Å². The summed E-state index contributed by atoms with van der Waals surface area (Å²) in [5.41, 5.74) is 13.6. The molecule has 34 heavy (non-hydrogen) atoms. The highest BCUT2D eigenvalue weighted by molar-refractivity contribution is 6.31. The van der Waals surface area contributed by atoms with E-state index in [0.29, 0.717) is 5.65 Å². The van der Waals surface area contributed by atoms with E-state index < -0.39 is 5.82 Å². The van der Waals surface area contributed by atoms with Crippen LogP contribution < -0.4 is 5.73 Å². The average molecular weight is 469 g/mol. The largest absolute Gasteiger partial charge is 0.321 e.